The van der Waals surface area contributed by atoms with Crippen LogP contribution in [0.25, 0.3) is 0 Å². The number of benzene rings is 1. The zero-order chi connectivity index (χ0) is 17.3. The summed E-state index contributed by atoms with van der Waals surface area (Å²) in [6.07, 6.45) is -1.38. The first-order valence-electron chi connectivity index (χ1n) is 7.24. The van der Waals surface area contributed by atoms with E-state index in [-0.39, 0.29) is 12.5 Å². The average molecular weight is 354 g/mol. The van der Waals surface area contributed by atoms with Crippen LogP contribution in [0, 0.1) is 11.7 Å². The van der Waals surface area contributed by atoms with Crippen molar-refractivity contribution in [3.05, 3.63) is 29.6 Å². The first-order valence-corrected chi connectivity index (χ1v) is 8.72. The minimum Gasteiger partial charge on any atom is -0.329 e. The molecule has 4 nitrogen and oxygen atoms in total. The lowest BCUT2D eigenvalue weighted by molar-refractivity contribution is -0.140. The third-order valence-electron chi connectivity index (χ3n) is 4.08. The monoisotopic (exact) mass is 354 g/mol. The molecule has 0 radical (unpaired) electrons. The van der Waals surface area contributed by atoms with Gasteiger partial charge in [-0.2, -0.15) is 13.2 Å². The normalized spacial score (nSPS) is 18.3. The van der Waals surface area contributed by atoms with Crippen LogP contribution >= 0.6 is 0 Å². The highest BCUT2D eigenvalue weighted by molar-refractivity contribution is 7.89. The molecule has 1 aliphatic carbocycles. The maximum absolute atomic E-state index is 13.3. The number of rotatable bonds is 5. The van der Waals surface area contributed by atoms with Crippen LogP contribution in [-0.2, 0) is 16.2 Å². The van der Waals surface area contributed by atoms with E-state index in [2.05, 4.69) is 4.72 Å². The lowest BCUT2D eigenvalue weighted by Crippen LogP contribution is -2.44. The van der Waals surface area contributed by atoms with Gasteiger partial charge in [-0.05, 0) is 37.0 Å². The summed E-state index contributed by atoms with van der Waals surface area (Å²) in [5, 5.41) is 0. The number of hydrogen-bond acceptors (Lipinski definition) is 3. The van der Waals surface area contributed by atoms with E-state index in [1.165, 1.54) is 0 Å². The van der Waals surface area contributed by atoms with Gasteiger partial charge in [0.15, 0.2) is 0 Å². The summed E-state index contributed by atoms with van der Waals surface area (Å²) >= 11 is 0. The Balaban J connectivity index is 2.28. The summed E-state index contributed by atoms with van der Waals surface area (Å²) in [4.78, 5) is -0.623. The van der Waals surface area contributed by atoms with E-state index < -0.39 is 38.5 Å². The van der Waals surface area contributed by atoms with Crippen LogP contribution in [0.2, 0.25) is 0 Å². The quantitative estimate of drug-likeness (QED) is 0.799. The van der Waals surface area contributed by atoms with Gasteiger partial charge in [0.25, 0.3) is 0 Å². The van der Waals surface area contributed by atoms with Crippen LogP contribution in [0.15, 0.2) is 23.1 Å². The Kier molecular flexibility index (Phi) is 5.32. The summed E-state index contributed by atoms with van der Waals surface area (Å²) in [5.74, 6) is -1.44. The number of halogens is 4. The highest BCUT2D eigenvalue weighted by atomic mass is 32.2. The Hall–Kier alpha value is -1.19. The van der Waals surface area contributed by atoms with Gasteiger partial charge >= 0.3 is 6.18 Å². The molecule has 1 aromatic carbocycles. The van der Waals surface area contributed by atoms with Gasteiger partial charge in [-0.1, -0.05) is 12.8 Å². The first-order chi connectivity index (χ1) is 10.6. The molecule has 0 aliphatic heterocycles. The first kappa shape index (κ1) is 18.2. The maximum atomic E-state index is 13.3. The Labute approximate surface area is 132 Å². The molecule has 0 aromatic heterocycles. The standard InChI is InChI=1S/C14H18F4N2O2S/c15-12-6-5-10(7-11(12)14(16,17)18)23(21,22)20-13(8-19)9-3-1-2-4-9/h5-7,9,13,20H,1-4,8,19H2. The minimum absolute atomic E-state index is 0.0528. The number of nitrogens with two attached hydrogens (primary N) is 1. The third-order valence-corrected chi connectivity index (χ3v) is 5.57. The van der Waals surface area contributed by atoms with E-state index in [4.69, 9.17) is 5.73 Å². The molecule has 130 valence electrons. The number of nitrogens with one attached hydrogen (secondary N) is 1. The van der Waals surface area contributed by atoms with Crippen molar-refractivity contribution >= 4 is 10.0 Å². The van der Waals surface area contributed by atoms with E-state index in [1.54, 1.807) is 0 Å². The molecule has 1 aliphatic rings. The largest absolute Gasteiger partial charge is 0.419 e. The summed E-state index contributed by atoms with van der Waals surface area (Å²) in [6.45, 7) is 0.0528. The molecule has 2 rings (SSSR count). The topological polar surface area (TPSA) is 72.2 Å². The van der Waals surface area contributed by atoms with Crippen molar-refractivity contribution in [2.24, 2.45) is 11.7 Å². The fourth-order valence-corrected chi connectivity index (χ4v) is 4.20. The smallest absolute Gasteiger partial charge is 0.329 e. The van der Waals surface area contributed by atoms with Crippen molar-refractivity contribution in [3.8, 4) is 0 Å². The molecule has 0 amide bonds. The van der Waals surface area contributed by atoms with Gasteiger partial charge in [-0.3, -0.25) is 0 Å². The van der Waals surface area contributed by atoms with Crippen LogP contribution in [0.4, 0.5) is 17.6 Å². The number of alkyl halides is 3. The zero-order valence-electron chi connectivity index (χ0n) is 12.2. The van der Waals surface area contributed by atoms with Gasteiger partial charge in [-0.15, -0.1) is 0 Å². The minimum atomic E-state index is -4.96. The van der Waals surface area contributed by atoms with Gasteiger partial charge in [0, 0.05) is 12.6 Å². The Morgan fingerprint density at radius 2 is 1.87 bits per heavy atom. The van der Waals surface area contributed by atoms with Crippen molar-refractivity contribution in [2.45, 2.75) is 42.8 Å². The molecular formula is C14H18F4N2O2S. The number of sulfonamides is 1. The van der Waals surface area contributed by atoms with Crippen molar-refractivity contribution in [1.29, 1.82) is 0 Å². The summed E-state index contributed by atoms with van der Waals surface area (Å²) in [7, 11) is -4.21. The molecule has 0 heterocycles. The molecular weight excluding hydrogens is 336 g/mol. The van der Waals surface area contributed by atoms with Crippen LogP contribution < -0.4 is 10.5 Å². The van der Waals surface area contributed by atoms with E-state index >= 15 is 0 Å². The van der Waals surface area contributed by atoms with Gasteiger partial charge in [0.1, 0.15) is 5.82 Å². The second kappa shape index (κ2) is 6.74. The summed E-state index contributed by atoms with van der Waals surface area (Å²) in [6, 6.07) is 1.08. The molecule has 1 atom stereocenters. The van der Waals surface area contributed by atoms with E-state index in [1.807, 2.05) is 0 Å². The van der Waals surface area contributed by atoms with Crippen LogP contribution in [0.1, 0.15) is 31.2 Å². The molecule has 1 saturated carbocycles. The summed E-state index contributed by atoms with van der Waals surface area (Å²) in [5.41, 5.74) is 3.99. The molecule has 0 spiro atoms. The SMILES string of the molecule is NCC(NS(=O)(=O)c1ccc(F)c(C(F)(F)F)c1)C1CCCC1. The molecule has 23 heavy (non-hydrogen) atoms. The summed E-state index contributed by atoms with van der Waals surface area (Å²) < 4.78 is 78.4. The molecule has 0 bridgehead atoms. The zero-order valence-corrected chi connectivity index (χ0v) is 13.1. The molecule has 9 heteroatoms. The van der Waals surface area contributed by atoms with E-state index in [0.717, 1.165) is 31.7 Å². The molecule has 1 fully saturated rings. The lowest BCUT2D eigenvalue weighted by atomic mass is 9.99. The van der Waals surface area contributed by atoms with Gasteiger partial charge in [0.05, 0.1) is 10.5 Å². The van der Waals surface area contributed by atoms with Crippen molar-refractivity contribution in [3.63, 3.8) is 0 Å². The highest BCUT2D eigenvalue weighted by Gasteiger charge is 2.36. The van der Waals surface area contributed by atoms with Crippen LogP contribution in [0.3, 0.4) is 0 Å². The molecule has 1 aromatic rings. The molecule has 0 saturated heterocycles. The van der Waals surface area contributed by atoms with Crippen LogP contribution in [-0.4, -0.2) is 21.0 Å². The number of hydrogen-bond donors (Lipinski definition) is 2. The fourth-order valence-electron chi connectivity index (χ4n) is 2.85. The predicted octanol–water partition coefficient (Wildman–Crippen LogP) is 2.64. The Morgan fingerprint density at radius 1 is 1.26 bits per heavy atom. The third kappa shape index (κ3) is 4.21. The van der Waals surface area contributed by atoms with Gasteiger partial charge in [0.2, 0.25) is 10.0 Å². The molecule has 3 N–H and O–H groups in total. The fraction of sp³-hybridized carbons (Fsp3) is 0.571. The Bertz CT molecular complexity index is 655. The van der Waals surface area contributed by atoms with E-state index in [9.17, 15) is 26.0 Å². The lowest BCUT2D eigenvalue weighted by Gasteiger charge is -2.23. The molecule has 1 unspecified atom stereocenters. The predicted molar refractivity (Wildman–Crippen MR) is 76.5 cm³/mol. The highest BCUT2D eigenvalue weighted by Crippen LogP contribution is 2.33. The van der Waals surface area contributed by atoms with Crippen LogP contribution in [0.5, 0.6) is 0 Å². The van der Waals surface area contributed by atoms with Gasteiger partial charge < -0.3 is 5.73 Å². The second-order valence-electron chi connectivity index (χ2n) is 5.65. The van der Waals surface area contributed by atoms with E-state index in [0.29, 0.717) is 12.1 Å². The Morgan fingerprint density at radius 3 is 2.39 bits per heavy atom. The average Bonchev–Trinajstić information content (AvgIpc) is 2.97. The van der Waals surface area contributed by atoms with Gasteiger partial charge in [-0.25, -0.2) is 17.5 Å². The van der Waals surface area contributed by atoms with Crippen molar-refractivity contribution in [2.75, 3.05) is 6.54 Å². The van der Waals surface area contributed by atoms with Crippen molar-refractivity contribution < 1.29 is 26.0 Å². The maximum Gasteiger partial charge on any atom is 0.419 e. The van der Waals surface area contributed by atoms with Crippen molar-refractivity contribution in [1.82, 2.24) is 4.72 Å². The second-order valence-corrected chi connectivity index (χ2v) is 7.36.